The Morgan fingerprint density at radius 3 is 2.13 bits per heavy atom. The van der Waals surface area contributed by atoms with E-state index in [9.17, 15) is 9.59 Å². The largest absolute Gasteiger partial charge is 0.481 e. The van der Waals surface area contributed by atoms with Crippen molar-refractivity contribution in [3.8, 4) is 0 Å². The van der Waals surface area contributed by atoms with E-state index in [0.29, 0.717) is 22.7 Å². The molecule has 1 N–H and O–H groups in total. The normalized spacial score (nSPS) is 47.1. The van der Waals surface area contributed by atoms with E-state index in [-0.39, 0.29) is 40.0 Å². The van der Waals surface area contributed by atoms with E-state index in [4.69, 9.17) is 22.5 Å². The smallest absolute Gasteiger partial charge is 0.333 e. The predicted octanol–water partition coefficient (Wildman–Crippen LogP) is 10.8. The zero-order chi connectivity index (χ0) is 33.8. The molecule has 0 amide bonds. The number of carboxylic acid groups (broad SMARTS) is 1. The molecule has 5 aliphatic rings. The van der Waals surface area contributed by atoms with Crippen molar-refractivity contribution in [2.45, 2.75) is 165 Å². The molecular weight excluding hydrogens is 577 g/mol. The van der Waals surface area contributed by atoms with Gasteiger partial charge in [0, 0.05) is 22.7 Å². The highest BCUT2D eigenvalue weighted by Gasteiger charge is 2.72. The molecule has 5 aliphatic carbocycles. The van der Waals surface area contributed by atoms with Crippen molar-refractivity contribution in [2.75, 3.05) is 0 Å². The van der Waals surface area contributed by atoms with Crippen molar-refractivity contribution in [3.05, 3.63) is 11.6 Å². The van der Waals surface area contributed by atoms with Crippen LogP contribution < -0.4 is 0 Å². The van der Waals surface area contributed by atoms with Crippen molar-refractivity contribution >= 4 is 24.6 Å². The van der Waals surface area contributed by atoms with E-state index in [1.54, 1.807) is 6.92 Å². The van der Waals surface area contributed by atoms with E-state index >= 15 is 0 Å². The molecule has 0 aliphatic heterocycles. The molecule has 0 saturated heterocycles. The summed E-state index contributed by atoms with van der Waals surface area (Å²) >= 11 is 5.19. The van der Waals surface area contributed by atoms with Gasteiger partial charge >= 0.3 is 11.9 Å². The molecular formula is C40H68O4S. The fraction of sp³-hybridized carbons (Fsp3) is 0.900. The number of carboxylic acids is 1. The van der Waals surface area contributed by atoms with Crippen molar-refractivity contribution < 1.29 is 19.4 Å². The van der Waals surface area contributed by atoms with Crippen LogP contribution in [-0.2, 0) is 14.3 Å². The number of thiol groups is 1. The molecule has 45 heavy (non-hydrogen) atoms. The Morgan fingerprint density at radius 2 is 1.53 bits per heavy atom. The van der Waals surface area contributed by atoms with Crippen LogP contribution in [0.3, 0.4) is 0 Å². The van der Waals surface area contributed by atoms with Gasteiger partial charge in [0.1, 0.15) is 6.10 Å². The summed E-state index contributed by atoms with van der Waals surface area (Å²) in [7, 11) is 0. The van der Waals surface area contributed by atoms with Crippen LogP contribution in [0.2, 0.25) is 0 Å². The predicted molar refractivity (Wildman–Crippen MR) is 189 cm³/mol. The van der Waals surface area contributed by atoms with E-state index in [2.05, 4.69) is 68.4 Å². The summed E-state index contributed by atoms with van der Waals surface area (Å²) in [4.78, 5) is 22.8. The van der Waals surface area contributed by atoms with E-state index in [0.717, 1.165) is 48.5 Å². The van der Waals surface area contributed by atoms with Crippen molar-refractivity contribution in [1.82, 2.24) is 0 Å². The first-order valence-electron chi connectivity index (χ1n) is 18.6. The Balaban J connectivity index is 0.000000854. The molecule has 0 aromatic rings. The lowest BCUT2D eigenvalue weighted by Gasteiger charge is -2.74. The molecule has 2 unspecified atom stereocenters. The van der Waals surface area contributed by atoms with Gasteiger partial charge in [0.2, 0.25) is 0 Å². The van der Waals surface area contributed by atoms with Crippen LogP contribution in [0.1, 0.15) is 153 Å². The number of allylic oxidation sites excluding steroid dienone is 1. The Labute approximate surface area is 282 Å². The van der Waals surface area contributed by atoms with E-state index in [1.807, 2.05) is 6.92 Å². The lowest BCUT2D eigenvalue weighted by molar-refractivity contribution is -0.268. The van der Waals surface area contributed by atoms with Crippen LogP contribution in [0, 0.1) is 62.6 Å². The van der Waals surface area contributed by atoms with Crippen LogP contribution in [0.5, 0.6) is 0 Å². The van der Waals surface area contributed by atoms with Gasteiger partial charge in [-0.3, -0.25) is 4.79 Å². The number of carbonyl (C=O) groups is 2. The molecule has 0 aromatic heterocycles. The second-order valence-electron chi connectivity index (χ2n) is 18.0. The molecule has 5 heteroatoms. The third kappa shape index (κ3) is 5.98. The average Bonchev–Trinajstić information content (AvgIpc) is 2.97. The minimum Gasteiger partial charge on any atom is -0.481 e. The highest BCUT2D eigenvalue weighted by Crippen LogP contribution is 2.77. The number of hydrogen-bond acceptors (Lipinski definition) is 4. The van der Waals surface area contributed by atoms with E-state index in [1.165, 1.54) is 51.4 Å². The van der Waals surface area contributed by atoms with Crippen molar-refractivity contribution in [2.24, 2.45) is 62.6 Å². The maximum atomic E-state index is 13.5. The maximum absolute atomic E-state index is 13.5. The number of hydrogen-bond donors (Lipinski definition) is 2. The molecule has 0 radical (unpaired) electrons. The Bertz CT molecular complexity index is 1130. The number of carbonyl (C=O) groups excluding carboxylic acids is 1. The van der Waals surface area contributed by atoms with Crippen molar-refractivity contribution in [3.63, 3.8) is 0 Å². The molecule has 0 spiro atoms. The van der Waals surface area contributed by atoms with Crippen LogP contribution in [0.4, 0.5) is 0 Å². The Morgan fingerprint density at radius 1 is 0.889 bits per heavy atom. The van der Waals surface area contributed by atoms with Gasteiger partial charge in [0.25, 0.3) is 0 Å². The first kappa shape index (κ1) is 36.9. The number of fused-ring (bicyclic) bond motifs is 7. The number of unbranched alkanes of at least 4 members (excludes halogenated alkanes) is 1. The van der Waals surface area contributed by atoms with Crippen LogP contribution >= 0.6 is 12.6 Å². The zero-order valence-electron chi connectivity index (χ0n) is 30.8. The summed E-state index contributed by atoms with van der Waals surface area (Å²) in [5.74, 6) is 3.60. The summed E-state index contributed by atoms with van der Waals surface area (Å²) in [6, 6.07) is 0. The molecule has 5 rings (SSSR count). The van der Waals surface area contributed by atoms with Gasteiger partial charge in [-0.15, -0.1) is 0 Å². The number of aliphatic carboxylic acids is 1. The average molecular weight is 645 g/mol. The lowest BCUT2D eigenvalue weighted by Crippen LogP contribution is -2.70. The van der Waals surface area contributed by atoms with Gasteiger partial charge in [-0.2, -0.15) is 12.6 Å². The van der Waals surface area contributed by atoms with Gasteiger partial charge in [-0.25, -0.2) is 4.79 Å². The quantitative estimate of drug-likeness (QED) is 0.178. The number of rotatable bonds is 5. The van der Waals surface area contributed by atoms with Crippen LogP contribution in [-0.4, -0.2) is 28.4 Å². The second kappa shape index (κ2) is 13.1. The molecule has 12 atom stereocenters. The summed E-state index contributed by atoms with van der Waals surface area (Å²) in [5.41, 5.74) is 2.05. The summed E-state index contributed by atoms with van der Waals surface area (Å²) < 4.78 is 6.63. The molecule has 0 bridgehead atoms. The first-order chi connectivity index (χ1) is 20.8. The topological polar surface area (TPSA) is 63.6 Å². The molecule has 5 fully saturated rings. The third-order valence-corrected chi connectivity index (χ3v) is 16.6. The summed E-state index contributed by atoms with van der Waals surface area (Å²) in [6.45, 7) is 26.4. The minimum absolute atomic E-state index is 0.0172. The summed E-state index contributed by atoms with van der Waals surface area (Å²) in [5, 5.41) is 7.97. The lowest BCUT2D eigenvalue weighted by atomic mass is 9.31. The Hall–Kier alpha value is -0.970. The van der Waals surface area contributed by atoms with Gasteiger partial charge < -0.3 is 9.84 Å². The van der Waals surface area contributed by atoms with Gasteiger partial charge in [-0.05, 0) is 128 Å². The Kier molecular flexibility index (Phi) is 10.8. The van der Waals surface area contributed by atoms with Crippen molar-refractivity contribution in [1.29, 1.82) is 0 Å². The third-order valence-electron chi connectivity index (χ3n) is 15.7. The monoisotopic (exact) mass is 644 g/mol. The van der Waals surface area contributed by atoms with Gasteiger partial charge in [-0.1, -0.05) is 81.7 Å². The zero-order valence-corrected chi connectivity index (χ0v) is 31.7. The fourth-order valence-corrected chi connectivity index (χ4v) is 12.8. The molecule has 258 valence electrons. The SMILES string of the molecule is CCC(=O)O.CCCC=C(C)C(=O)OC1CC(S)C(C)(C)[C@@H]2CC[C@]3(C)[C@H](CC[C@@H]4[C@@H]5[C@@H](C)[C@H](C)CC[C@]5(C)CC[C@]43C)[C@@]12C. The van der Waals surface area contributed by atoms with E-state index < -0.39 is 5.97 Å². The second-order valence-corrected chi connectivity index (χ2v) is 18.6. The molecule has 4 nitrogen and oxygen atoms in total. The standard InChI is InChI=1S/C37H62O2S.C3H6O2/c1-11-12-13-24(3)32(38)39-29-22-30(40)33(5,6)27-17-19-36(9)28(37(27,29)10)15-14-26-31-25(4)23(2)16-18-34(31,7)20-21-35(26,36)8;1-2-3(4)5/h13,23,25-31,40H,11-12,14-22H2,1-10H3;2H2,1H3,(H,4,5)/t23-,25+,26-,27+,28+,29?,30?,31+,34-,35-,36-,37+;/m1./s1. The molecule has 5 saturated carbocycles. The van der Waals surface area contributed by atoms with Gasteiger partial charge in [0.15, 0.2) is 0 Å². The fourth-order valence-electron chi connectivity index (χ4n) is 12.4. The van der Waals surface area contributed by atoms with Crippen LogP contribution in [0.25, 0.3) is 0 Å². The highest BCUT2D eigenvalue weighted by atomic mass is 32.1. The highest BCUT2D eigenvalue weighted by molar-refractivity contribution is 7.81. The van der Waals surface area contributed by atoms with Gasteiger partial charge in [0.05, 0.1) is 0 Å². The number of ether oxygens (including phenoxy) is 1. The van der Waals surface area contributed by atoms with Crippen LogP contribution in [0.15, 0.2) is 11.6 Å². The molecule has 0 heterocycles. The summed E-state index contributed by atoms with van der Waals surface area (Å²) in [6.07, 6.45) is 15.9. The first-order valence-corrected chi connectivity index (χ1v) is 19.1. The minimum atomic E-state index is -0.745. The molecule has 0 aromatic carbocycles. The number of esters is 1. The maximum Gasteiger partial charge on any atom is 0.333 e.